The molecule has 2 rings (SSSR count). The molecule has 78 valence electrons. The molecule has 0 radical (unpaired) electrons. The summed E-state index contributed by atoms with van der Waals surface area (Å²) in [5, 5.41) is 8.74. The average Bonchev–Trinajstić information content (AvgIpc) is 2.74. The topological polar surface area (TPSA) is 27.0 Å². The highest BCUT2D eigenvalue weighted by Gasteiger charge is 2.12. The third-order valence-corrected chi connectivity index (χ3v) is 2.98. The maximum Gasteiger partial charge on any atom is 0.0669 e. The average molecular weight is 200 g/mol. The fraction of sp³-hybridized carbons (Fsp3) is 0.462. The van der Waals surface area contributed by atoms with Crippen LogP contribution in [0.2, 0.25) is 0 Å². The van der Waals surface area contributed by atoms with Crippen LogP contribution in [0, 0.1) is 11.3 Å². The molecule has 2 nitrogen and oxygen atoms in total. The molecule has 1 fully saturated rings. The summed E-state index contributed by atoms with van der Waals surface area (Å²) in [7, 11) is 0. The molecule has 1 aromatic carbocycles. The Morgan fingerprint density at radius 1 is 1.13 bits per heavy atom. The van der Waals surface area contributed by atoms with Crippen LogP contribution in [0.25, 0.3) is 0 Å². The van der Waals surface area contributed by atoms with Gasteiger partial charge in [-0.1, -0.05) is 24.3 Å². The van der Waals surface area contributed by atoms with Crippen LogP contribution >= 0.6 is 0 Å². The van der Waals surface area contributed by atoms with Crippen LogP contribution in [0.1, 0.15) is 24.0 Å². The Morgan fingerprint density at radius 3 is 2.47 bits per heavy atom. The summed E-state index contributed by atoms with van der Waals surface area (Å²) < 4.78 is 0. The van der Waals surface area contributed by atoms with Crippen LogP contribution in [0.3, 0.4) is 0 Å². The number of hydrogen-bond acceptors (Lipinski definition) is 2. The molecule has 0 unspecified atom stereocenters. The number of likely N-dealkylation sites (tertiary alicyclic amines) is 1. The van der Waals surface area contributed by atoms with E-state index >= 15 is 0 Å². The fourth-order valence-electron chi connectivity index (χ4n) is 2.15. The zero-order valence-electron chi connectivity index (χ0n) is 8.95. The van der Waals surface area contributed by atoms with Gasteiger partial charge >= 0.3 is 0 Å². The maximum absolute atomic E-state index is 8.74. The Balaban J connectivity index is 2.09. The van der Waals surface area contributed by atoms with Crippen molar-refractivity contribution in [1.82, 2.24) is 4.90 Å². The van der Waals surface area contributed by atoms with Gasteiger partial charge in [-0.3, -0.25) is 4.90 Å². The molecule has 2 heteroatoms. The Hall–Kier alpha value is -1.33. The van der Waals surface area contributed by atoms with E-state index in [1.54, 1.807) is 0 Å². The van der Waals surface area contributed by atoms with Gasteiger partial charge in [0.2, 0.25) is 0 Å². The first-order valence-electron chi connectivity index (χ1n) is 5.56. The summed E-state index contributed by atoms with van der Waals surface area (Å²) in [6.45, 7) is 3.43. The molecule has 1 aliphatic rings. The fourth-order valence-corrected chi connectivity index (χ4v) is 2.15. The summed E-state index contributed by atoms with van der Waals surface area (Å²) >= 11 is 0. The highest BCUT2D eigenvalue weighted by atomic mass is 15.1. The van der Waals surface area contributed by atoms with E-state index in [-0.39, 0.29) is 0 Å². The Labute approximate surface area is 91.1 Å². The van der Waals surface area contributed by atoms with Gasteiger partial charge in [-0.25, -0.2) is 0 Å². The summed E-state index contributed by atoms with van der Waals surface area (Å²) in [4.78, 5) is 2.47. The van der Waals surface area contributed by atoms with Crippen LogP contribution in [-0.2, 0) is 13.0 Å². The van der Waals surface area contributed by atoms with Crippen molar-refractivity contribution in [2.75, 3.05) is 13.1 Å². The lowest BCUT2D eigenvalue weighted by Crippen LogP contribution is -2.19. The minimum absolute atomic E-state index is 0.532. The van der Waals surface area contributed by atoms with Crippen molar-refractivity contribution >= 4 is 0 Å². The van der Waals surface area contributed by atoms with Crippen LogP contribution in [0.5, 0.6) is 0 Å². The second kappa shape index (κ2) is 4.95. The molecule has 1 aliphatic heterocycles. The lowest BCUT2D eigenvalue weighted by atomic mass is 10.0. The molecular formula is C13H16N2. The molecule has 1 saturated heterocycles. The Bertz CT molecular complexity index is 359. The number of nitrogens with zero attached hydrogens (tertiary/aromatic N) is 2. The number of nitriles is 1. The number of rotatable bonds is 3. The van der Waals surface area contributed by atoms with Gasteiger partial charge < -0.3 is 0 Å². The molecule has 0 N–H and O–H groups in total. The molecule has 0 amide bonds. The summed E-state index contributed by atoms with van der Waals surface area (Å²) in [5.74, 6) is 0. The molecular weight excluding hydrogens is 184 g/mol. The van der Waals surface area contributed by atoms with E-state index in [1.165, 1.54) is 37.1 Å². The van der Waals surface area contributed by atoms with E-state index in [2.05, 4.69) is 29.2 Å². The van der Waals surface area contributed by atoms with E-state index in [0.717, 1.165) is 6.54 Å². The molecule has 15 heavy (non-hydrogen) atoms. The first-order valence-corrected chi connectivity index (χ1v) is 5.56. The van der Waals surface area contributed by atoms with Gasteiger partial charge in [-0.15, -0.1) is 0 Å². The Morgan fingerprint density at radius 2 is 1.80 bits per heavy atom. The van der Waals surface area contributed by atoms with Crippen molar-refractivity contribution < 1.29 is 0 Å². The molecule has 0 atom stereocenters. The first-order chi connectivity index (χ1) is 7.40. The third-order valence-electron chi connectivity index (χ3n) is 2.98. The molecule has 1 heterocycles. The second-order valence-electron chi connectivity index (χ2n) is 4.09. The summed E-state index contributed by atoms with van der Waals surface area (Å²) in [5.41, 5.74) is 2.51. The SMILES string of the molecule is N#CCc1ccccc1CN1CCCC1. The van der Waals surface area contributed by atoms with Gasteiger partial charge in [-0.05, 0) is 37.1 Å². The van der Waals surface area contributed by atoms with Crippen molar-refractivity contribution in [3.63, 3.8) is 0 Å². The van der Waals surface area contributed by atoms with Crippen LogP contribution in [0.15, 0.2) is 24.3 Å². The van der Waals surface area contributed by atoms with Crippen molar-refractivity contribution in [2.45, 2.75) is 25.8 Å². The zero-order chi connectivity index (χ0) is 10.5. The molecule has 0 aromatic heterocycles. The third kappa shape index (κ3) is 2.57. The smallest absolute Gasteiger partial charge is 0.0669 e. The number of hydrogen-bond donors (Lipinski definition) is 0. The van der Waals surface area contributed by atoms with Crippen LogP contribution in [-0.4, -0.2) is 18.0 Å². The van der Waals surface area contributed by atoms with Gasteiger partial charge in [0.25, 0.3) is 0 Å². The number of benzene rings is 1. The van der Waals surface area contributed by atoms with Gasteiger partial charge in [0.1, 0.15) is 0 Å². The van der Waals surface area contributed by atoms with Crippen molar-refractivity contribution in [2.24, 2.45) is 0 Å². The van der Waals surface area contributed by atoms with E-state index in [1.807, 2.05) is 6.07 Å². The molecule has 0 saturated carbocycles. The zero-order valence-corrected chi connectivity index (χ0v) is 8.95. The van der Waals surface area contributed by atoms with Crippen molar-refractivity contribution in [3.05, 3.63) is 35.4 Å². The molecule has 0 bridgehead atoms. The summed E-state index contributed by atoms with van der Waals surface area (Å²) in [6.07, 6.45) is 3.17. The second-order valence-corrected chi connectivity index (χ2v) is 4.09. The van der Waals surface area contributed by atoms with Gasteiger partial charge in [-0.2, -0.15) is 5.26 Å². The lowest BCUT2D eigenvalue weighted by Gasteiger charge is -2.16. The maximum atomic E-state index is 8.74. The monoisotopic (exact) mass is 200 g/mol. The van der Waals surface area contributed by atoms with Crippen LogP contribution in [0.4, 0.5) is 0 Å². The largest absolute Gasteiger partial charge is 0.299 e. The predicted octanol–water partition coefficient (Wildman–Crippen LogP) is 2.35. The van der Waals surface area contributed by atoms with Gasteiger partial charge in [0.05, 0.1) is 12.5 Å². The molecule has 0 spiro atoms. The van der Waals surface area contributed by atoms with E-state index in [4.69, 9.17) is 5.26 Å². The van der Waals surface area contributed by atoms with Gasteiger partial charge in [0, 0.05) is 6.54 Å². The quantitative estimate of drug-likeness (QED) is 0.749. The lowest BCUT2D eigenvalue weighted by molar-refractivity contribution is 0.330. The Kier molecular flexibility index (Phi) is 3.37. The van der Waals surface area contributed by atoms with E-state index in [9.17, 15) is 0 Å². The highest BCUT2D eigenvalue weighted by molar-refractivity contribution is 5.29. The van der Waals surface area contributed by atoms with Gasteiger partial charge in [0.15, 0.2) is 0 Å². The van der Waals surface area contributed by atoms with Crippen molar-refractivity contribution in [3.8, 4) is 6.07 Å². The first kappa shape index (κ1) is 10.2. The predicted molar refractivity (Wildman–Crippen MR) is 60.3 cm³/mol. The van der Waals surface area contributed by atoms with E-state index < -0.39 is 0 Å². The van der Waals surface area contributed by atoms with Crippen molar-refractivity contribution in [1.29, 1.82) is 5.26 Å². The van der Waals surface area contributed by atoms with Crippen LogP contribution < -0.4 is 0 Å². The molecule has 1 aromatic rings. The highest BCUT2D eigenvalue weighted by Crippen LogP contribution is 2.16. The molecule has 0 aliphatic carbocycles. The standard InChI is InChI=1S/C13H16N2/c14-8-7-12-5-1-2-6-13(12)11-15-9-3-4-10-15/h1-2,5-6H,3-4,7,9-11H2. The normalized spacial score (nSPS) is 16.5. The van der Waals surface area contributed by atoms with E-state index in [0.29, 0.717) is 6.42 Å². The minimum Gasteiger partial charge on any atom is -0.299 e. The minimum atomic E-state index is 0.532. The summed E-state index contributed by atoms with van der Waals surface area (Å²) in [6, 6.07) is 10.5.